The first kappa shape index (κ1) is 15.6. The Morgan fingerprint density at radius 3 is 2.68 bits per heavy atom. The van der Waals surface area contributed by atoms with Gasteiger partial charge in [0.25, 0.3) is 5.91 Å². The second-order valence-electron chi connectivity index (χ2n) is 4.77. The molecule has 0 saturated carbocycles. The SMILES string of the molecule is Cc1c(C(=O)Nc2ccc(Br)cc2Br)oc2ccc(Cl)cc12. The van der Waals surface area contributed by atoms with Crippen LogP contribution >= 0.6 is 43.5 Å². The Bertz CT molecular complexity index is 889. The van der Waals surface area contributed by atoms with Gasteiger partial charge < -0.3 is 9.73 Å². The van der Waals surface area contributed by atoms with Crippen molar-refractivity contribution in [3.8, 4) is 0 Å². The minimum absolute atomic E-state index is 0.284. The van der Waals surface area contributed by atoms with Gasteiger partial charge in [-0.3, -0.25) is 4.79 Å². The summed E-state index contributed by atoms with van der Waals surface area (Å²) in [7, 11) is 0. The van der Waals surface area contributed by atoms with Crippen LogP contribution in [-0.4, -0.2) is 5.91 Å². The van der Waals surface area contributed by atoms with Crippen LogP contribution < -0.4 is 5.32 Å². The van der Waals surface area contributed by atoms with E-state index in [1.807, 2.05) is 19.1 Å². The fourth-order valence-electron chi connectivity index (χ4n) is 2.18. The summed E-state index contributed by atoms with van der Waals surface area (Å²) in [4.78, 5) is 12.5. The van der Waals surface area contributed by atoms with Crippen LogP contribution in [0.1, 0.15) is 16.1 Å². The largest absolute Gasteiger partial charge is 0.451 e. The van der Waals surface area contributed by atoms with Crippen molar-refractivity contribution in [2.45, 2.75) is 6.92 Å². The van der Waals surface area contributed by atoms with Crippen LogP contribution in [0.2, 0.25) is 5.02 Å². The van der Waals surface area contributed by atoms with Crippen molar-refractivity contribution >= 4 is 66.0 Å². The molecule has 1 N–H and O–H groups in total. The molecule has 0 atom stereocenters. The third kappa shape index (κ3) is 2.93. The fourth-order valence-corrected chi connectivity index (χ4v) is 3.50. The fraction of sp³-hybridized carbons (Fsp3) is 0.0625. The number of carbonyl (C=O) groups excluding carboxylic acids is 1. The Morgan fingerprint density at radius 2 is 1.95 bits per heavy atom. The maximum Gasteiger partial charge on any atom is 0.291 e. The van der Waals surface area contributed by atoms with Crippen LogP contribution in [0.5, 0.6) is 0 Å². The van der Waals surface area contributed by atoms with Crippen molar-refractivity contribution in [1.82, 2.24) is 0 Å². The first-order valence-corrected chi connectivity index (χ1v) is 8.37. The van der Waals surface area contributed by atoms with E-state index in [0.29, 0.717) is 16.3 Å². The number of furan rings is 1. The lowest BCUT2D eigenvalue weighted by atomic mass is 10.1. The minimum Gasteiger partial charge on any atom is -0.451 e. The zero-order valence-electron chi connectivity index (χ0n) is 11.4. The number of nitrogens with one attached hydrogen (secondary N) is 1. The van der Waals surface area contributed by atoms with Gasteiger partial charge in [-0.1, -0.05) is 27.5 Å². The minimum atomic E-state index is -0.298. The summed E-state index contributed by atoms with van der Waals surface area (Å²) in [6, 6.07) is 10.8. The molecule has 0 bridgehead atoms. The number of fused-ring (bicyclic) bond motifs is 1. The predicted molar refractivity (Wildman–Crippen MR) is 95.8 cm³/mol. The van der Waals surface area contributed by atoms with Gasteiger partial charge >= 0.3 is 0 Å². The zero-order chi connectivity index (χ0) is 15.9. The summed E-state index contributed by atoms with van der Waals surface area (Å²) in [5.41, 5.74) is 2.08. The van der Waals surface area contributed by atoms with E-state index in [4.69, 9.17) is 16.0 Å². The summed E-state index contributed by atoms with van der Waals surface area (Å²) in [5, 5.41) is 4.29. The molecule has 0 unspecified atom stereocenters. The zero-order valence-corrected chi connectivity index (χ0v) is 15.3. The van der Waals surface area contributed by atoms with Crippen molar-refractivity contribution in [3.05, 3.63) is 61.7 Å². The topological polar surface area (TPSA) is 42.2 Å². The molecule has 1 amide bonds. The first-order chi connectivity index (χ1) is 10.5. The normalized spacial score (nSPS) is 10.9. The molecule has 0 aliphatic rings. The van der Waals surface area contributed by atoms with E-state index >= 15 is 0 Å². The third-order valence-corrected chi connectivity index (χ3v) is 4.67. The molecule has 6 heteroatoms. The third-order valence-electron chi connectivity index (χ3n) is 3.28. The van der Waals surface area contributed by atoms with Crippen LogP contribution in [0.15, 0.2) is 49.8 Å². The number of rotatable bonds is 2. The average Bonchev–Trinajstić information content (AvgIpc) is 2.79. The van der Waals surface area contributed by atoms with Gasteiger partial charge in [0.05, 0.1) is 5.69 Å². The molecule has 22 heavy (non-hydrogen) atoms. The van der Waals surface area contributed by atoms with Crippen LogP contribution in [0.3, 0.4) is 0 Å². The van der Waals surface area contributed by atoms with Gasteiger partial charge in [-0.05, 0) is 59.3 Å². The Kier molecular flexibility index (Phi) is 4.30. The van der Waals surface area contributed by atoms with E-state index in [1.54, 1.807) is 24.3 Å². The summed E-state index contributed by atoms with van der Waals surface area (Å²) >= 11 is 12.8. The summed E-state index contributed by atoms with van der Waals surface area (Å²) < 4.78 is 7.36. The van der Waals surface area contributed by atoms with E-state index < -0.39 is 0 Å². The van der Waals surface area contributed by atoms with E-state index in [-0.39, 0.29) is 11.7 Å². The highest BCUT2D eigenvalue weighted by Gasteiger charge is 2.18. The quantitative estimate of drug-likeness (QED) is 0.515. The molecule has 1 aromatic heterocycles. The van der Waals surface area contributed by atoms with Crippen molar-refractivity contribution in [3.63, 3.8) is 0 Å². The molecule has 0 aliphatic heterocycles. The van der Waals surface area contributed by atoms with Gasteiger partial charge in [0, 0.05) is 24.9 Å². The van der Waals surface area contributed by atoms with E-state index in [2.05, 4.69) is 37.2 Å². The molecule has 2 aromatic carbocycles. The van der Waals surface area contributed by atoms with E-state index in [0.717, 1.165) is 19.9 Å². The molecule has 0 saturated heterocycles. The number of anilines is 1. The van der Waals surface area contributed by atoms with Crippen LogP contribution in [0.4, 0.5) is 5.69 Å². The molecular weight excluding hydrogens is 433 g/mol. The van der Waals surface area contributed by atoms with Gasteiger partial charge in [0.15, 0.2) is 5.76 Å². The van der Waals surface area contributed by atoms with Crippen molar-refractivity contribution in [1.29, 1.82) is 0 Å². The number of aryl methyl sites for hydroxylation is 1. The molecule has 0 aliphatic carbocycles. The summed E-state index contributed by atoms with van der Waals surface area (Å²) in [5.74, 6) is -0.0140. The lowest BCUT2D eigenvalue weighted by Gasteiger charge is -2.06. The Labute approximate surface area is 148 Å². The Balaban J connectivity index is 1.97. The molecule has 0 radical (unpaired) electrons. The maximum atomic E-state index is 12.5. The molecule has 3 rings (SSSR count). The molecule has 0 fully saturated rings. The molecule has 1 heterocycles. The number of amides is 1. The molecule has 3 nitrogen and oxygen atoms in total. The van der Waals surface area contributed by atoms with Crippen LogP contribution in [0.25, 0.3) is 11.0 Å². The van der Waals surface area contributed by atoms with Crippen molar-refractivity contribution in [2.24, 2.45) is 0 Å². The monoisotopic (exact) mass is 441 g/mol. The highest BCUT2D eigenvalue weighted by Crippen LogP contribution is 2.30. The van der Waals surface area contributed by atoms with Crippen molar-refractivity contribution < 1.29 is 9.21 Å². The molecular formula is C16H10Br2ClNO2. The second kappa shape index (κ2) is 6.07. The number of carbonyl (C=O) groups is 1. The molecule has 112 valence electrons. The molecule has 3 aromatic rings. The van der Waals surface area contributed by atoms with E-state index in [9.17, 15) is 4.79 Å². The Hall–Kier alpha value is -1.30. The summed E-state index contributed by atoms with van der Waals surface area (Å²) in [6.07, 6.45) is 0. The van der Waals surface area contributed by atoms with Gasteiger partial charge in [0.1, 0.15) is 5.58 Å². The lowest BCUT2D eigenvalue weighted by molar-refractivity contribution is 0.0998. The Morgan fingerprint density at radius 1 is 1.18 bits per heavy atom. The average molecular weight is 444 g/mol. The van der Waals surface area contributed by atoms with E-state index in [1.165, 1.54) is 0 Å². The van der Waals surface area contributed by atoms with Gasteiger partial charge in [-0.2, -0.15) is 0 Å². The number of hydrogen-bond acceptors (Lipinski definition) is 2. The first-order valence-electron chi connectivity index (χ1n) is 6.41. The number of hydrogen-bond donors (Lipinski definition) is 1. The standard InChI is InChI=1S/C16H10Br2ClNO2/c1-8-11-7-10(19)3-5-14(11)22-15(8)16(21)20-13-4-2-9(17)6-12(13)18/h2-7H,1H3,(H,20,21). The number of benzene rings is 2. The van der Waals surface area contributed by atoms with Gasteiger partial charge in [-0.25, -0.2) is 0 Å². The predicted octanol–water partition coefficient (Wildman–Crippen LogP) is 6.17. The van der Waals surface area contributed by atoms with Gasteiger partial charge in [-0.15, -0.1) is 0 Å². The number of halogens is 3. The summed E-state index contributed by atoms with van der Waals surface area (Å²) in [6.45, 7) is 1.84. The van der Waals surface area contributed by atoms with Crippen LogP contribution in [-0.2, 0) is 0 Å². The maximum absolute atomic E-state index is 12.5. The molecule has 0 spiro atoms. The highest BCUT2D eigenvalue weighted by atomic mass is 79.9. The second-order valence-corrected chi connectivity index (χ2v) is 6.98. The van der Waals surface area contributed by atoms with Crippen LogP contribution in [0, 0.1) is 6.92 Å². The van der Waals surface area contributed by atoms with Crippen molar-refractivity contribution in [2.75, 3.05) is 5.32 Å². The lowest BCUT2D eigenvalue weighted by Crippen LogP contribution is -2.12. The highest BCUT2D eigenvalue weighted by molar-refractivity contribution is 9.11. The smallest absolute Gasteiger partial charge is 0.291 e. The van der Waals surface area contributed by atoms with Gasteiger partial charge in [0.2, 0.25) is 0 Å².